The Kier molecular flexibility index (Phi) is 6.76. The summed E-state index contributed by atoms with van der Waals surface area (Å²) >= 11 is 0. The number of piperazine rings is 1. The van der Waals surface area contributed by atoms with Crippen molar-refractivity contribution >= 4 is 21.8 Å². The Labute approximate surface area is 181 Å². The van der Waals surface area contributed by atoms with Crippen LogP contribution in [0.15, 0.2) is 59.5 Å². The molecule has 1 aliphatic heterocycles. The van der Waals surface area contributed by atoms with Crippen LogP contribution in [0.4, 0.5) is 4.39 Å². The number of rotatable bonds is 7. The highest BCUT2D eigenvalue weighted by atomic mass is 32.2. The number of carbonyl (C=O) groups is 2. The summed E-state index contributed by atoms with van der Waals surface area (Å²) in [5.41, 5.74) is -0.691. The molecular weight excluding hydrogens is 421 g/mol. The quantitative estimate of drug-likeness (QED) is 0.705. The standard InChI is InChI=1S/C22H26FN3O4S/c1-3-13-26-20(27)15-25(31(29,30)19-7-5-4-6-8-19)16-22(26,2)21(28)24-14-17-9-11-18(23)12-10-17/h4-12H,3,13-16H2,1-2H3,(H,24,28)/t22-/m1/s1. The summed E-state index contributed by atoms with van der Waals surface area (Å²) in [6, 6.07) is 13.5. The molecule has 0 aromatic heterocycles. The average molecular weight is 448 g/mol. The molecule has 1 fully saturated rings. The second kappa shape index (κ2) is 9.15. The number of benzene rings is 2. The Morgan fingerprint density at radius 1 is 1.13 bits per heavy atom. The minimum atomic E-state index is -3.95. The second-order valence-corrected chi connectivity index (χ2v) is 9.65. The SMILES string of the molecule is CCCN1C(=O)CN(S(=O)(=O)c2ccccc2)C[C@]1(C)C(=O)NCc1ccc(F)cc1. The molecule has 166 valence electrons. The Morgan fingerprint density at radius 3 is 2.39 bits per heavy atom. The van der Waals surface area contributed by atoms with Gasteiger partial charge in [0.25, 0.3) is 0 Å². The third-order valence-electron chi connectivity index (χ3n) is 5.38. The third-order valence-corrected chi connectivity index (χ3v) is 7.18. The van der Waals surface area contributed by atoms with Crippen molar-refractivity contribution in [2.24, 2.45) is 0 Å². The monoisotopic (exact) mass is 447 g/mol. The molecule has 2 aromatic rings. The number of carbonyl (C=O) groups excluding carboxylic acids is 2. The van der Waals surface area contributed by atoms with Crippen molar-refractivity contribution in [1.29, 1.82) is 0 Å². The normalized spacial score (nSPS) is 20.0. The Hall–Kier alpha value is -2.78. The molecule has 1 heterocycles. The summed E-state index contributed by atoms with van der Waals surface area (Å²) in [5, 5.41) is 2.77. The first kappa shape index (κ1) is 22.9. The number of amides is 2. The summed E-state index contributed by atoms with van der Waals surface area (Å²) in [5.74, 6) is -1.27. The van der Waals surface area contributed by atoms with E-state index in [1.807, 2.05) is 6.92 Å². The van der Waals surface area contributed by atoms with E-state index in [1.165, 1.54) is 29.2 Å². The van der Waals surface area contributed by atoms with Crippen molar-refractivity contribution in [3.8, 4) is 0 Å². The maximum absolute atomic E-state index is 13.2. The van der Waals surface area contributed by atoms with Crippen LogP contribution in [0, 0.1) is 5.82 Å². The zero-order valence-corrected chi connectivity index (χ0v) is 18.4. The van der Waals surface area contributed by atoms with Crippen molar-refractivity contribution in [2.45, 2.75) is 37.2 Å². The highest BCUT2D eigenvalue weighted by molar-refractivity contribution is 7.89. The topological polar surface area (TPSA) is 86.8 Å². The van der Waals surface area contributed by atoms with E-state index in [2.05, 4.69) is 5.32 Å². The summed E-state index contributed by atoms with van der Waals surface area (Å²) in [7, 11) is -3.95. The van der Waals surface area contributed by atoms with Crippen LogP contribution in [0.2, 0.25) is 0 Å². The van der Waals surface area contributed by atoms with Crippen LogP contribution in [0.3, 0.4) is 0 Å². The maximum atomic E-state index is 13.2. The predicted octanol–water partition coefficient (Wildman–Crippen LogP) is 2.14. The van der Waals surface area contributed by atoms with E-state index >= 15 is 0 Å². The minimum Gasteiger partial charge on any atom is -0.350 e. The molecule has 3 rings (SSSR count). The van der Waals surface area contributed by atoms with Gasteiger partial charge in [0.05, 0.1) is 11.4 Å². The molecular formula is C22H26FN3O4S. The van der Waals surface area contributed by atoms with E-state index in [0.717, 1.165) is 4.31 Å². The molecule has 1 N–H and O–H groups in total. The molecule has 0 radical (unpaired) electrons. The smallest absolute Gasteiger partial charge is 0.247 e. The van der Waals surface area contributed by atoms with Crippen LogP contribution in [-0.2, 0) is 26.2 Å². The molecule has 0 saturated carbocycles. The summed E-state index contributed by atoms with van der Waals surface area (Å²) in [4.78, 5) is 27.6. The first-order valence-corrected chi connectivity index (χ1v) is 11.5. The van der Waals surface area contributed by atoms with Crippen LogP contribution in [-0.4, -0.2) is 54.6 Å². The molecule has 2 aromatic carbocycles. The van der Waals surface area contributed by atoms with Crippen molar-refractivity contribution in [3.05, 3.63) is 66.0 Å². The van der Waals surface area contributed by atoms with Crippen LogP contribution in [0.25, 0.3) is 0 Å². The number of nitrogens with one attached hydrogen (secondary N) is 1. The van der Waals surface area contributed by atoms with E-state index < -0.39 is 27.4 Å². The fourth-order valence-electron chi connectivity index (χ4n) is 3.67. The highest BCUT2D eigenvalue weighted by Crippen LogP contribution is 2.28. The second-order valence-electron chi connectivity index (χ2n) is 7.71. The van der Waals surface area contributed by atoms with E-state index in [-0.39, 0.29) is 30.3 Å². The van der Waals surface area contributed by atoms with E-state index in [9.17, 15) is 22.4 Å². The van der Waals surface area contributed by atoms with Gasteiger partial charge in [0.15, 0.2) is 0 Å². The van der Waals surface area contributed by atoms with Crippen LogP contribution >= 0.6 is 0 Å². The number of hydrogen-bond donors (Lipinski definition) is 1. The van der Waals surface area contributed by atoms with Gasteiger partial charge in [-0.2, -0.15) is 4.31 Å². The van der Waals surface area contributed by atoms with Gasteiger partial charge in [-0.15, -0.1) is 0 Å². The average Bonchev–Trinajstić information content (AvgIpc) is 2.76. The third kappa shape index (κ3) is 4.77. The molecule has 7 nitrogen and oxygen atoms in total. The van der Waals surface area contributed by atoms with Gasteiger partial charge < -0.3 is 10.2 Å². The highest BCUT2D eigenvalue weighted by Gasteiger charge is 2.49. The molecule has 1 atom stereocenters. The van der Waals surface area contributed by atoms with Gasteiger partial charge in [-0.25, -0.2) is 12.8 Å². The molecule has 0 spiro atoms. The lowest BCUT2D eigenvalue weighted by atomic mass is 9.95. The fraction of sp³-hybridized carbons (Fsp3) is 0.364. The summed E-state index contributed by atoms with van der Waals surface area (Å²) in [6.45, 7) is 3.44. The molecule has 1 aliphatic rings. The Balaban J connectivity index is 1.86. The zero-order chi connectivity index (χ0) is 22.6. The first-order valence-electron chi connectivity index (χ1n) is 10.1. The predicted molar refractivity (Wildman–Crippen MR) is 114 cm³/mol. The summed E-state index contributed by atoms with van der Waals surface area (Å²) in [6.07, 6.45) is 0.623. The Bertz CT molecular complexity index is 1040. The van der Waals surface area contributed by atoms with Gasteiger partial charge in [0.2, 0.25) is 21.8 Å². The van der Waals surface area contributed by atoms with Gasteiger partial charge in [-0.05, 0) is 43.2 Å². The Morgan fingerprint density at radius 2 is 1.77 bits per heavy atom. The van der Waals surface area contributed by atoms with Crippen molar-refractivity contribution < 1.29 is 22.4 Å². The van der Waals surface area contributed by atoms with Crippen molar-refractivity contribution in [2.75, 3.05) is 19.6 Å². The van der Waals surface area contributed by atoms with Crippen molar-refractivity contribution in [3.63, 3.8) is 0 Å². The first-order chi connectivity index (χ1) is 14.7. The lowest BCUT2D eigenvalue weighted by Gasteiger charge is -2.46. The van der Waals surface area contributed by atoms with Gasteiger partial charge in [-0.3, -0.25) is 9.59 Å². The molecule has 0 unspecified atom stereocenters. The molecule has 1 saturated heterocycles. The lowest BCUT2D eigenvalue weighted by molar-refractivity contribution is -0.152. The number of sulfonamides is 1. The zero-order valence-electron chi connectivity index (χ0n) is 17.5. The van der Waals surface area contributed by atoms with Crippen LogP contribution < -0.4 is 5.32 Å². The maximum Gasteiger partial charge on any atom is 0.247 e. The van der Waals surface area contributed by atoms with E-state index in [0.29, 0.717) is 18.5 Å². The van der Waals surface area contributed by atoms with Gasteiger partial charge in [-0.1, -0.05) is 37.3 Å². The largest absolute Gasteiger partial charge is 0.350 e. The van der Waals surface area contributed by atoms with Gasteiger partial charge in [0, 0.05) is 19.6 Å². The molecule has 31 heavy (non-hydrogen) atoms. The number of halogens is 1. The van der Waals surface area contributed by atoms with Crippen molar-refractivity contribution in [1.82, 2.24) is 14.5 Å². The fourth-order valence-corrected chi connectivity index (χ4v) is 5.17. The van der Waals surface area contributed by atoms with E-state index in [4.69, 9.17) is 0 Å². The number of nitrogens with zero attached hydrogens (tertiary/aromatic N) is 2. The molecule has 0 bridgehead atoms. The number of hydrogen-bond acceptors (Lipinski definition) is 4. The van der Waals surface area contributed by atoms with Crippen LogP contribution in [0.5, 0.6) is 0 Å². The minimum absolute atomic E-state index is 0.0702. The van der Waals surface area contributed by atoms with Crippen LogP contribution in [0.1, 0.15) is 25.8 Å². The van der Waals surface area contributed by atoms with E-state index in [1.54, 1.807) is 37.3 Å². The molecule has 2 amide bonds. The molecule has 0 aliphatic carbocycles. The lowest BCUT2D eigenvalue weighted by Crippen LogP contribution is -2.69. The van der Waals surface area contributed by atoms with Gasteiger partial charge in [0.1, 0.15) is 11.4 Å². The van der Waals surface area contributed by atoms with Gasteiger partial charge >= 0.3 is 0 Å². The molecule has 9 heteroatoms. The summed E-state index contributed by atoms with van der Waals surface area (Å²) < 4.78 is 40.4.